The fourth-order valence-corrected chi connectivity index (χ4v) is 5.59. The summed E-state index contributed by atoms with van der Waals surface area (Å²) in [5.41, 5.74) is 1.07. The number of aromatic nitrogens is 2. The number of hydrogen-bond acceptors (Lipinski definition) is 6. The number of hydrogen-bond donors (Lipinski definition) is 2. The topological polar surface area (TPSA) is 71.5 Å². The van der Waals surface area contributed by atoms with Gasteiger partial charge in [0.2, 0.25) is 11.8 Å². The standard InChI is InChI=1S/C29H34ClN5O2S/c1-21-7-6-14-35(19-21)25-18-26(37-24-10-3-2-4-11-24)33-27(32-25)34-28(38)31-20-29(12-15-36-16-13-29)22-8-5-9-23(30)17-22/h2-5,8-11,17-18,21H,6-7,12-16,19-20H2,1H3,(H2,31,32,33,34,38)/t21-/m1/s1. The van der Waals surface area contributed by atoms with Crippen LogP contribution in [-0.2, 0) is 10.2 Å². The number of rotatable bonds is 7. The van der Waals surface area contributed by atoms with Crippen molar-refractivity contribution in [1.29, 1.82) is 0 Å². The number of anilines is 2. The predicted molar refractivity (Wildman–Crippen MR) is 157 cm³/mol. The lowest BCUT2D eigenvalue weighted by Crippen LogP contribution is -2.45. The summed E-state index contributed by atoms with van der Waals surface area (Å²) in [5, 5.41) is 7.83. The minimum absolute atomic E-state index is 0.122. The van der Waals surface area contributed by atoms with Gasteiger partial charge in [0.15, 0.2) is 5.11 Å². The van der Waals surface area contributed by atoms with Crippen LogP contribution in [0.5, 0.6) is 11.6 Å². The smallest absolute Gasteiger partial charge is 0.234 e. The lowest BCUT2D eigenvalue weighted by molar-refractivity contribution is 0.0515. The molecule has 5 rings (SSSR count). The molecule has 200 valence electrons. The van der Waals surface area contributed by atoms with Gasteiger partial charge >= 0.3 is 0 Å². The van der Waals surface area contributed by atoms with E-state index < -0.39 is 0 Å². The number of piperidine rings is 1. The molecule has 9 heteroatoms. The van der Waals surface area contributed by atoms with Crippen molar-refractivity contribution in [3.63, 3.8) is 0 Å². The molecule has 7 nitrogen and oxygen atoms in total. The Labute approximate surface area is 234 Å². The molecule has 1 atom stereocenters. The summed E-state index contributed by atoms with van der Waals surface area (Å²) in [4.78, 5) is 11.7. The maximum Gasteiger partial charge on any atom is 0.234 e. The Morgan fingerprint density at radius 3 is 2.71 bits per heavy atom. The van der Waals surface area contributed by atoms with E-state index in [0.29, 0.717) is 42.6 Å². The molecule has 0 saturated carbocycles. The molecule has 0 bridgehead atoms. The molecule has 0 aliphatic carbocycles. The van der Waals surface area contributed by atoms with Gasteiger partial charge in [0, 0.05) is 49.4 Å². The molecule has 2 aliphatic heterocycles. The number of halogens is 1. The van der Waals surface area contributed by atoms with Crippen LogP contribution in [0.15, 0.2) is 60.7 Å². The molecule has 0 radical (unpaired) electrons. The fourth-order valence-electron chi connectivity index (χ4n) is 5.23. The van der Waals surface area contributed by atoms with E-state index in [9.17, 15) is 0 Å². The molecule has 2 fully saturated rings. The van der Waals surface area contributed by atoms with Crippen molar-refractivity contribution in [3.05, 3.63) is 71.2 Å². The van der Waals surface area contributed by atoms with Crippen molar-refractivity contribution in [2.45, 2.75) is 38.0 Å². The van der Waals surface area contributed by atoms with Crippen LogP contribution in [0.2, 0.25) is 5.02 Å². The largest absolute Gasteiger partial charge is 0.439 e. The van der Waals surface area contributed by atoms with Gasteiger partial charge in [-0.05, 0) is 73.6 Å². The Kier molecular flexibility index (Phi) is 8.61. The normalized spacial score (nSPS) is 19.0. The molecule has 0 spiro atoms. The summed E-state index contributed by atoms with van der Waals surface area (Å²) < 4.78 is 11.8. The molecule has 38 heavy (non-hydrogen) atoms. The minimum Gasteiger partial charge on any atom is -0.439 e. The number of benzene rings is 2. The number of para-hydroxylation sites is 1. The summed E-state index contributed by atoms with van der Waals surface area (Å²) in [6.07, 6.45) is 4.14. The van der Waals surface area contributed by atoms with E-state index in [2.05, 4.69) is 33.5 Å². The highest BCUT2D eigenvalue weighted by Crippen LogP contribution is 2.35. The molecule has 2 aromatic carbocycles. The molecule has 2 saturated heterocycles. The summed E-state index contributed by atoms with van der Waals surface area (Å²) in [7, 11) is 0. The quantitative estimate of drug-likeness (QED) is 0.337. The molecule has 2 aliphatic rings. The first-order valence-corrected chi connectivity index (χ1v) is 14.0. The lowest BCUT2D eigenvalue weighted by Gasteiger charge is -2.38. The Bertz CT molecular complexity index is 1240. The maximum absolute atomic E-state index is 6.33. The van der Waals surface area contributed by atoms with Crippen LogP contribution in [0.25, 0.3) is 0 Å². The average molecular weight is 552 g/mol. The van der Waals surface area contributed by atoms with Crippen molar-refractivity contribution >= 4 is 40.7 Å². The third-order valence-corrected chi connectivity index (χ3v) is 7.82. The van der Waals surface area contributed by atoms with Gasteiger partial charge in [-0.2, -0.15) is 9.97 Å². The highest BCUT2D eigenvalue weighted by Gasteiger charge is 2.35. The Hall–Kier alpha value is -2.94. The minimum atomic E-state index is -0.122. The Balaban J connectivity index is 1.33. The van der Waals surface area contributed by atoms with E-state index in [1.807, 2.05) is 54.6 Å². The van der Waals surface area contributed by atoms with Crippen LogP contribution >= 0.6 is 23.8 Å². The second-order valence-electron chi connectivity index (χ2n) is 10.2. The molecule has 3 heterocycles. The third-order valence-electron chi connectivity index (χ3n) is 7.34. The summed E-state index contributed by atoms with van der Waals surface area (Å²) in [6, 6.07) is 19.6. The first kappa shape index (κ1) is 26.7. The second-order valence-corrected chi connectivity index (χ2v) is 11.1. The Morgan fingerprint density at radius 2 is 1.95 bits per heavy atom. The third kappa shape index (κ3) is 6.73. The van der Waals surface area contributed by atoms with Crippen LogP contribution in [0.3, 0.4) is 0 Å². The molecule has 0 amide bonds. The van der Waals surface area contributed by atoms with Crippen LogP contribution in [0.1, 0.15) is 38.2 Å². The monoisotopic (exact) mass is 551 g/mol. The van der Waals surface area contributed by atoms with Gasteiger partial charge in [0.1, 0.15) is 11.6 Å². The van der Waals surface area contributed by atoms with Crippen LogP contribution in [0, 0.1) is 5.92 Å². The fraction of sp³-hybridized carbons (Fsp3) is 0.414. The zero-order valence-corrected chi connectivity index (χ0v) is 23.2. The molecular weight excluding hydrogens is 518 g/mol. The number of ether oxygens (including phenoxy) is 2. The maximum atomic E-state index is 6.33. The molecule has 3 aromatic rings. The van der Waals surface area contributed by atoms with E-state index in [1.165, 1.54) is 12.0 Å². The Morgan fingerprint density at radius 1 is 1.13 bits per heavy atom. The van der Waals surface area contributed by atoms with Gasteiger partial charge in [-0.25, -0.2) is 0 Å². The second kappa shape index (κ2) is 12.3. The van der Waals surface area contributed by atoms with Gasteiger partial charge in [0.05, 0.1) is 0 Å². The zero-order valence-electron chi connectivity index (χ0n) is 21.7. The highest BCUT2D eigenvalue weighted by atomic mass is 35.5. The van der Waals surface area contributed by atoms with Crippen molar-refractivity contribution in [3.8, 4) is 11.6 Å². The average Bonchev–Trinajstić information content (AvgIpc) is 2.93. The van der Waals surface area contributed by atoms with E-state index >= 15 is 0 Å². The van der Waals surface area contributed by atoms with Crippen LogP contribution < -0.4 is 20.3 Å². The van der Waals surface area contributed by atoms with Gasteiger partial charge < -0.3 is 25.0 Å². The highest BCUT2D eigenvalue weighted by molar-refractivity contribution is 7.80. The van der Waals surface area contributed by atoms with Crippen LogP contribution in [0.4, 0.5) is 11.8 Å². The van der Waals surface area contributed by atoms with E-state index in [4.69, 9.17) is 38.3 Å². The SMILES string of the molecule is C[C@@H]1CCCN(c2cc(Oc3ccccc3)nc(NC(=S)NCC3(c4cccc(Cl)c4)CCOCC3)n2)C1. The molecule has 2 N–H and O–H groups in total. The zero-order chi connectivity index (χ0) is 26.4. The number of nitrogens with one attached hydrogen (secondary N) is 2. The van der Waals surface area contributed by atoms with Crippen molar-refractivity contribution in [1.82, 2.24) is 15.3 Å². The van der Waals surface area contributed by atoms with Gasteiger partial charge in [-0.3, -0.25) is 0 Å². The lowest BCUT2D eigenvalue weighted by atomic mass is 9.74. The van der Waals surface area contributed by atoms with Crippen molar-refractivity contribution in [2.24, 2.45) is 5.92 Å². The summed E-state index contributed by atoms with van der Waals surface area (Å²) in [6.45, 7) is 6.24. The molecular formula is C29H34ClN5O2S. The van der Waals surface area contributed by atoms with E-state index in [-0.39, 0.29) is 5.41 Å². The van der Waals surface area contributed by atoms with Crippen molar-refractivity contribution < 1.29 is 9.47 Å². The van der Waals surface area contributed by atoms with Crippen LogP contribution in [-0.4, -0.2) is 47.9 Å². The molecule has 0 unspecified atom stereocenters. The van der Waals surface area contributed by atoms with Gasteiger partial charge in [0.25, 0.3) is 0 Å². The van der Waals surface area contributed by atoms with E-state index in [1.54, 1.807) is 0 Å². The first-order valence-electron chi connectivity index (χ1n) is 13.2. The summed E-state index contributed by atoms with van der Waals surface area (Å²) in [5.74, 6) is 3.05. The van der Waals surface area contributed by atoms with Crippen molar-refractivity contribution in [2.75, 3.05) is 43.1 Å². The number of nitrogens with zero attached hydrogens (tertiary/aromatic N) is 3. The van der Waals surface area contributed by atoms with Gasteiger partial charge in [-0.1, -0.05) is 48.9 Å². The van der Waals surface area contributed by atoms with Gasteiger partial charge in [-0.15, -0.1) is 0 Å². The molecule has 1 aromatic heterocycles. The summed E-state index contributed by atoms with van der Waals surface area (Å²) >= 11 is 12.0. The predicted octanol–water partition coefficient (Wildman–Crippen LogP) is 6.19. The number of thiocarbonyl (C=S) groups is 1. The first-order chi connectivity index (χ1) is 18.5. The van der Waals surface area contributed by atoms with E-state index in [0.717, 1.165) is 48.9 Å².